The van der Waals surface area contributed by atoms with Gasteiger partial charge in [-0.15, -0.1) is 0 Å². The van der Waals surface area contributed by atoms with E-state index in [2.05, 4.69) is 38.9 Å². The molecule has 2 rings (SSSR count). The molecule has 1 aliphatic heterocycles. The van der Waals surface area contributed by atoms with E-state index < -0.39 is 0 Å². The van der Waals surface area contributed by atoms with Crippen molar-refractivity contribution < 1.29 is 0 Å². The second-order valence-electron chi connectivity index (χ2n) is 4.17. The van der Waals surface area contributed by atoms with Gasteiger partial charge in [0, 0.05) is 25.4 Å². The zero-order chi connectivity index (χ0) is 11.9. The third-order valence-corrected chi connectivity index (χ3v) is 3.81. The fourth-order valence-corrected chi connectivity index (χ4v) is 2.82. The van der Waals surface area contributed by atoms with Gasteiger partial charge in [0.1, 0.15) is 5.82 Å². The average molecular weight is 252 g/mol. The molecule has 5 heteroatoms. The molecule has 0 aromatic carbocycles. The monoisotopic (exact) mass is 252 g/mol. The maximum absolute atomic E-state index is 4.45. The van der Waals surface area contributed by atoms with Gasteiger partial charge in [0.2, 0.25) is 0 Å². The Balaban J connectivity index is 1.88. The number of nitrogens with zero attached hydrogens (tertiary/aromatic N) is 3. The Bertz CT molecular complexity index is 320. The third kappa shape index (κ3) is 4.16. The summed E-state index contributed by atoms with van der Waals surface area (Å²) < 4.78 is 0. The van der Waals surface area contributed by atoms with Crippen LogP contribution in [0.1, 0.15) is 19.0 Å². The summed E-state index contributed by atoms with van der Waals surface area (Å²) >= 11 is 2.05. The van der Waals surface area contributed by atoms with E-state index in [-0.39, 0.29) is 0 Å². The molecule has 94 valence electrons. The molecule has 4 nitrogen and oxygen atoms in total. The van der Waals surface area contributed by atoms with Crippen LogP contribution in [0.2, 0.25) is 0 Å². The number of hydrogen-bond donors (Lipinski definition) is 1. The molecule has 1 aromatic heterocycles. The first-order chi connectivity index (χ1) is 8.38. The Morgan fingerprint density at radius 1 is 1.29 bits per heavy atom. The molecule has 0 bridgehead atoms. The van der Waals surface area contributed by atoms with Gasteiger partial charge >= 0.3 is 0 Å². The van der Waals surface area contributed by atoms with Crippen LogP contribution in [-0.4, -0.2) is 46.0 Å². The summed E-state index contributed by atoms with van der Waals surface area (Å²) in [4.78, 5) is 11.3. The van der Waals surface area contributed by atoms with Gasteiger partial charge in [-0.2, -0.15) is 11.8 Å². The van der Waals surface area contributed by atoms with Gasteiger partial charge in [-0.1, -0.05) is 0 Å². The number of rotatable bonds is 4. The van der Waals surface area contributed by atoms with Crippen molar-refractivity contribution in [1.29, 1.82) is 0 Å². The molecule has 1 aliphatic rings. The number of hydrogen-bond acceptors (Lipinski definition) is 5. The molecule has 2 heterocycles. The van der Waals surface area contributed by atoms with Crippen molar-refractivity contribution in [3.8, 4) is 0 Å². The Labute approximate surface area is 107 Å². The zero-order valence-corrected chi connectivity index (χ0v) is 11.2. The standard InChI is InChI=1S/C12H20N4S/c1-2-13-12-9-14-11(8-15-12)10-16-4-3-6-17-7-5-16/h8-9H,2-7,10H2,1H3,(H,13,15). The van der Waals surface area contributed by atoms with Crippen molar-refractivity contribution in [2.24, 2.45) is 0 Å². The van der Waals surface area contributed by atoms with Crippen LogP contribution in [0.25, 0.3) is 0 Å². The second kappa shape index (κ2) is 6.81. The van der Waals surface area contributed by atoms with E-state index in [1.807, 2.05) is 12.4 Å². The van der Waals surface area contributed by atoms with Crippen LogP contribution in [0.15, 0.2) is 12.4 Å². The summed E-state index contributed by atoms with van der Waals surface area (Å²) in [5.41, 5.74) is 1.07. The maximum atomic E-state index is 4.45. The highest BCUT2D eigenvalue weighted by atomic mass is 32.2. The van der Waals surface area contributed by atoms with Crippen LogP contribution in [-0.2, 0) is 6.54 Å². The van der Waals surface area contributed by atoms with Crippen LogP contribution in [0.4, 0.5) is 5.82 Å². The van der Waals surface area contributed by atoms with Crippen molar-refractivity contribution in [1.82, 2.24) is 14.9 Å². The lowest BCUT2D eigenvalue weighted by Crippen LogP contribution is -2.26. The van der Waals surface area contributed by atoms with Gasteiger partial charge < -0.3 is 5.32 Å². The molecule has 1 aromatic rings. The molecule has 0 aliphatic carbocycles. The molecule has 1 saturated heterocycles. The highest BCUT2D eigenvalue weighted by Gasteiger charge is 2.10. The van der Waals surface area contributed by atoms with E-state index in [9.17, 15) is 0 Å². The Hall–Kier alpha value is -0.810. The van der Waals surface area contributed by atoms with E-state index in [4.69, 9.17) is 0 Å². The maximum Gasteiger partial charge on any atom is 0.144 e. The summed E-state index contributed by atoms with van der Waals surface area (Å²) in [6, 6.07) is 0. The van der Waals surface area contributed by atoms with Gasteiger partial charge in [-0.3, -0.25) is 9.88 Å². The molecular weight excluding hydrogens is 232 g/mol. The van der Waals surface area contributed by atoms with E-state index in [1.54, 1.807) is 0 Å². The van der Waals surface area contributed by atoms with Gasteiger partial charge in [0.05, 0.1) is 18.1 Å². The van der Waals surface area contributed by atoms with Crippen molar-refractivity contribution in [3.05, 3.63) is 18.1 Å². The lowest BCUT2D eigenvalue weighted by atomic mass is 10.3. The van der Waals surface area contributed by atoms with Gasteiger partial charge in [-0.05, 0) is 25.6 Å². The molecule has 17 heavy (non-hydrogen) atoms. The largest absolute Gasteiger partial charge is 0.369 e. The minimum absolute atomic E-state index is 0.864. The van der Waals surface area contributed by atoms with Crippen LogP contribution in [0.3, 0.4) is 0 Å². The Kier molecular flexibility index (Phi) is 5.07. The molecule has 0 atom stereocenters. The molecule has 0 saturated carbocycles. The fourth-order valence-electron chi connectivity index (χ4n) is 1.89. The third-order valence-electron chi connectivity index (χ3n) is 2.76. The fraction of sp³-hybridized carbons (Fsp3) is 0.667. The highest BCUT2D eigenvalue weighted by Crippen LogP contribution is 2.12. The van der Waals surface area contributed by atoms with Crippen molar-refractivity contribution in [3.63, 3.8) is 0 Å². The summed E-state index contributed by atoms with van der Waals surface area (Å²) in [5, 5.41) is 3.16. The number of anilines is 1. The SMILES string of the molecule is CCNc1cnc(CN2CCCSCC2)cn1. The van der Waals surface area contributed by atoms with Crippen molar-refractivity contribution in [2.45, 2.75) is 19.9 Å². The van der Waals surface area contributed by atoms with E-state index >= 15 is 0 Å². The van der Waals surface area contributed by atoms with Crippen LogP contribution in [0, 0.1) is 0 Å². The van der Waals surface area contributed by atoms with Crippen molar-refractivity contribution in [2.75, 3.05) is 36.5 Å². The van der Waals surface area contributed by atoms with Gasteiger partial charge in [0.25, 0.3) is 0 Å². The molecule has 0 amide bonds. The first-order valence-corrected chi connectivity index (χ1v) is 7.39. The molecule has 0 unspecified atom stereocenters. The Morgan fingerprint density at radius 3 is 3.00 bits per heavy atom. The quantitative estimate of drug-likeness (QED) is 0.885. The Morgan fingerprint density at radius 2 is 2.24 bits per heavy atom. The normalized spacial score (nSPS) is 17.7. The van der Waals surface area contributed by atoms with Gasteiger partial charge in [0.15, 0.2) is 0 Å². The van der Waals surface area contributed by atoms with Gasteiger partial charge in [-0.25, -0.2) is 4.98 Å². The number of nitrogens with one attached hydrogen (secondary N) is 1. The zero-order valence-electron chi connectivity index (χ0n) is 10.4. The predicted octanol–water partition coefficient (Wildman–Crippen LogP) is 1.85. The van der Waals surface area contributed by atoms with E-state index in [0.29, 0.717) is 0 Å². The lowest BCUT2D eigenvalue weighted by Gasteiger charge is -2.18. The molecule has 1 N–H and O–H groups in total. The first kappa shape index (κ1) is 12.6. The smallest absolute Gasteiger partial charge is 0.144 e. The lowest BCUT2D eigenvalue weighted by molar-refractivity contribution is 0.284. The number of aromatic nitrogens is 2. The molecule has 0 radical (unpaired) electrons. The van der Waals surface area contributed by atoms with Crippen LogP contribution >= 0.6 is 11.8 Å². The average Bonchev–Trinajstić information content (AvgIpc) is 2.61. The van der Waals surface area contributed by atoms with Crippen LogP contribution < -0.4 is 5.32 Å². The molecule has 1 fully saturated rings. The summed E-state index contributed by atoms with van der Waals surface area (Å²) in [5.74, 6) is 3.40. The summed E-state index contributed by atoms with van der Waals surface area (Å²) in [6.45, 7) is 6.23. The topological polar surface area (TPSA) is 41.1 Å². The van der Waals surface area contributed by atoms with E-state index in [1.165, 1.54) is 31.0 Å². The minimum atomic E-state index is 0.864. The van der Waals surface area contributed by atoms with Crippen LogP contribution in [0.5, 0.6) is 0 Å². The first-order valence-electron chi connectivity index (χ1n) is 6.23. The summed E-state index contributed by atoms with van der Waals surface area (Å²) in [7, 11) is 0. The highest BCUT2D eigenvalue weighted by molar-refractivity contribution is 7.99. The second-order valence-corrected chi connectivity index (χ2v) is 5.39. The predicted molar refractivity (Wildman–Crippen MR) is 73.4 cm³/mol. The molecular formula is C12H20N4S. The minimum Gasteiger partial charge on any atom is -0.369 e. The van der Waals surface area contributed by atoms with E-state index in [0.717, 1.165) is 24.6 Å². The number of thioether (sulfide) groups is 1. The summed E-state index contributed by atoms with van der Waals surface area (Å²) in [6.07, 6.45) is 5.00. The molecule has 0 spiro atoms. The van der Waals surface area contributed by atoms with Crippen molar-refractivity contribution >= 4 is 17.6 Å².